The molecule has 1 fully saturated rings. The van der Waals surface area contributed by atoms with E-state index in [1.165, 1.54) is 27.2 Å². The molecule has 2 heterocycles. The third-order valence-electron chi connectivity index (χ3n) is 6.04. The Bertz CT molecular complexity index is 1230. The molecular formula is C25H42N4O13P2. The molecule has 0 bridgehead atoms. The SMILES string of the molecule is CCOP(=O)(C[C@@H](OCCOC(C)=O)[C@H]1O[C@@H](n2cc(C)c(=O)[nH]c2=O)[C@H](OCCOC)[C@@H]1OP(N)OCCC#N)OCC. The Kier molecular flexibility index (Phi) is 16.9. The van der Waals surface area contributed by atoms with Gasteiger partial charge in [-0.25, -0.2) is 4.79 Å². The van der Waals surface area contributed by atoms with Gasteiger partial charge in [0.1, 0.15) is 24.9 Å². The number of hydrogen-bond donors (Lipinski definition) is 2. The van der Waals surface area contributed by atoms with Gasteiger partial charge in [-0.15, -0.1) is 0 Å². The quantitative estimate of drug-likeness (QED) is 0.108. The first-order valence-corrected chi connectivity index (χ1v) is 16.9. The summed E-state index contributed by atoms with van der Waals surface area (Å²) in [6.07, 6.45) is -4.60. The fourth-order valence-electron chi connectivity index (χ4n) is 4.25. The maximum atomic E-state index is 13.7. The van der Waals surface area contributed by atoms with Crippen molar-refractivity contribution < 1.29 is 51.1 Å². The minimum atomic E-state index is -3.78. The molecule has 44 heavy (non-hydrogen) atoms. The molecule has 19 heteroatoms. The average molecular weight is 669 g/mol. The van der Waals surface area contributed by atoms with Crippen LogP contribution in [0.2, 0.25) is 0 Å². The number of carbonyl (C=O) groups is 1. The van der Waals surface area contributed by atoms with Gasteiger partial charge in [0.2, 0.25) is 0 Å². The van der Waals surface area contributed by atoms with Gasteiger partial charge in [0.25, 0.3) is 14.1 Å². The lowest BCUT2D eigenvalue weighted by atomic mass is 10.1. The Morgan fingerprint density at radius 2 is 1.89 bits per heavy atom. The number of nitrogens with one attached hydrogen (secondary N) is 1. The number of ether oxygens (including phenoxy) is 5. The van der Waals surface area contributed by atoms with E-state index >= 15 is 0 Å². The third-order valence-corrected chi connectivity index (χ3v) is 9.04. The summed E-state index contributed by atoms with van der Waals surface area (Å²) in [7, 11) is -4.42. The third kappa shape index (κ3) is 11.7. The first-order valence-electron chi connectivity index (χ1n) is 13.9. The van der Waals surface area contributed by atoms with Gasteiger partial charge >= 0.3 is 19.3 Å². The highest BCUT2D eigenvalue weighted by Crippen LogP contribution is 2.51. The summed E-state index contributed by atoms with van der Waals surface area (Å²) in [5.74, 6) is -0.527. The zero-order valence-corrected chi connectivity index (χ0v) is 27.3. The van der Waals surface area contributed by atoms with Gasteiger partial charge in [0.05, 0.1) is 64.4 Å². The first kappa shape index (κ1) is 38.1. The van der Waals surface area contributed by atoms with Crippen LogP contribution in [0, 0.1) is 18.3 Å². The van der Waals surface area contributed by atoms with E-state index in [4.69, 9.17) is 52.5 Å². The lowest BCUT2D eigenvalue weighted by molar-refractivity contribution is -0.145. The largest absolute Gasteiger partial charge is 0.463 e. The number of H-pyrrole nitrogens is 1. The molecular weight excluding hydrogens is 626 g/mol. The molecule has 1 aromatic rings. The monoisotopic (exact) mass is 668 g/mol. The van der Waals surface area contributed by atoms with Gasteiger partial charge in [0.15, 0.2) is 6.23 Å². The molecule has 2 rings (SSSR count). The highest BCUT2D eigenvalue weighted by atomic mass is 31.2. The van der Waals surface area contributed by atoms with Crippen LogP contribution in [-0.2, 0) is 51.1 Å². The molecule has 0 saturated carbocycles. The Morgan fingerprint density at radius 3 is 2.50 bits per heavy atom. The number of aromatic nitrogens is 2. The highest BCUT2D eigenvalue weighted by molar-refractivity contribution is 7.53. The molecule has 17 nitrogen and oxygen atoms in total. The molecule has 1 aliphatic heterocycles. The fourth-order valence-corrected chi connectivity index (χ4v) is 6.89. The molecule has 6 atom stereocenters. The maximum Gasteiger partial charge on any atom is 0.333 e. The van der Waals surface area contributed by atoms with Crippen molar-refractivity contribution in [1.82, 2.24) is 9.55 Å². The van der Waals surface area contributed by atoms with Gasteiger partial charge in [-0.1, -0.05) is 0 Å². The zero-order chi connectivity index (χ0) is 32.7. The molecule has 1 aromatic heterocycles. The number of aromatic amines is 1. The van der Waals surface area contributed by atoms with Crippen molar-refractivity contribution in [2.45, 2.75) is 64.8 Å². The van der Waals surface area contributed by atoms with E-state index < -0.39 is 64.0 Å². The second-order valence-corrected chi connectivity index (χ2v) is 12.4. The molecule has 0 amide bonds. The van der Waals surface area contributed by atoms with Gasteiger partial charge in [-0.05, 0) is 20.8 Å². The summed E-state index contributed by atoms with van der Waals surface area (Å²) >= 11 is 0. The predicted octanol–water partition coefficient (Wildman–Crippen LogP) is 1.49. The van der Waals surface area contributed by atoms with E-state index in [0.29, 0.717) is 0 Å². The van der Waals surface area contributed by atoms with E-state index in [1.54, 1.807) is 13.8 Å². The molecule has 0 radical (unpaired) electrons. The van der Waals surface area contributed by atoms with E-state index in [0.717, 1.165) is 4.57 Å². The summed E-state index contributed by atoms with van der Waals surface area (Å²) in [5.41, 5.74) is 5.02. The standard InChI is InChI=1S/C25H42N4O13P2/c1-6-39-44(33,40-7-2)16-19(36-14-13-35-18(4)30)20-21(42-43(27)38-10-8-9-26)22(37-12-11-34-5)24(41-20)29-15-17(3)23(31)28-25(29)32/h15,19-22,24H,6-8,10-14,16,27H2,1-5H3,(H,28,31,32)/t19-,20-,21-,22-,24-,43?/m1/s1. The summed E-state index contributed by atoms with van der Waals surface area (Å²) in [6, 6.07) is 1.95. The average Bonchev–Trinajstić information content (AvgIpc) is 3.30. The second-order valence-electron chi connectivity index (χ2n) is 9.27. The number of nitrogens with two attached hydrogens (primary N) is 1. The van der Waals surface area contributed by atoms with Crippen LogP contribution >= 0.6 is 16.1 Å². The van der Waals surface area contributed by atoms with Crippen LogP contribution in [0.25, 0.3) is 0 Å². The smallest absolute Gasteiger partial charge is 0.333 e. The van der Waals surface area contributed by atoms with Gasteiger partial charge < -0.3 is 41.8 Å². The first-order chi connectivity index (χ1) is 21.0. The van der Waals surface area contributed by atoms with E-state index in [-0.39, 0.29) is 64.4 Å². The van der Waals surface area contributed by atoms with Crippen molar-refractivity contribution in [3.63, 3.8) is 0 Å². The fraction of sp³-hybridized carbons (Fsp3) is 0.760. The number of carbonyl (C=O) groups excluding carboxylic acids is 1. The van der Waals surface area contributed by atoms with Crippen molar-refractivity contribution in [1.29, 1.82) is 5.26 Å². The van der Waals surface area contributed by atoms with Crippen LogP contribution in [0.5, 0.6) is 0 Å². The lowest BCUT2D eigenvalue weighted by Crippen LogP contribution is -2.45. The summed E-state index contributed by atoms with van der Waals surface area (Å²) in [4.78, 5) is 38.7. The van der Waals surface area contributed by atoms with Gasteiger partial charge in [-0.2, -0.15) is 5.26 Å². The normalized spacial score (nSPS) is 21.6. The maximum absolute atomic E-state index is 13.7. The zero-order valence-electron chi connectivity index (χ0n) is 25.5. The predicted molar refractivity (Wildman–Crippen MR) is 156 cm³/mol. The molecule has 1 aliphatic rings. The van der Waals surface area contributed by atoms with Crippen molar-refractivity contribution in [2.75, 3.05) is 59.5 Å². The summed E-state index contributed by atoms with van der Waals surface area (Å²) < 4.78 is 66.1. The van der Waals surface area contributed by atoms with Crippen molar-refractivity contribution in [3.8, 4) is 6.07 Å². The number of rotatable bonds is 21. The lowest BCUT2D eigenvalue weighted by Gasteiger charge is -2.31. The Balaban J connectivity index is 2.61. The molecule has 0 aromatic carbocycles. The Morgan fingerprint density at radius 1 is 1.18 bits per heavy atom. The Labute approximate surface area is 256 Å². The molecule has 1 saturated heterocycles. The molecule has 250 valence electrons. The van der Waals surface area contributed by atoms with Gasteiger partial charge in [0, 0.05) is 25.8 Å². The number of nitrogens with zero attached hydrogens (tertiary/aromatic N) is 2. The Hall–Kier alpha value is -2.06. The van der Waals surface area contributed by atoms with Crippen LogP contribution in [-0.4, -0.2) is 99.5 Å². The van der Waals surface area contributed by atoms with Crippen molar-refractivity contribution >= 4 is 22.1 Å². The van der Waals surface area contributed by atoms with Gasteiger partial charge in [-0.3, -0.25) is 29.2 Å². The minimum Gasteiger partial charge on any atom is -0.463 e. The number of hydrogen-bond acceptors (Lipinski definition) is 15. The van der Waals surface area contributed by atoms with E-state index in [1.807, 2.05) is 6.07 Å². The topological polar surface area (TPSA) is 222 Å². The van der Waals surface area contributed by atoms with Crippen LogP contribution in [0.4, 0.5) is 0 Å². The van der Waals surface area contributed by atoms with Crippen LogP contribution in [0.15, 0.2) is 15.8 Å². The minimum absolute atomic E-state index is 0.0135. The van der Waals surface area contributed by atoms with Crippen LogP contribution in [0.3, 0.4) is 0 Å². The van der Waals surface area contributed by atoms with Crippen molar-refractivity contribution in [2.24, 2.45) is 5.50 Å². The van der Waals surface area contributed by atoms with E-state index in [2.05, 4.69) is 4.98 Å². The number of nitriles is 1. The van der Waals surface area contributed by atoms with Crippen LogP contribution in [0.1, 0.15) is 39.0 Å². The number of esters is 1. The molecule has 0 spiro atoms. The number of methoxy groups -OCH3 is 1. The molecule has 0 aliphatic carbocycles. The molecule has 3 N–H and O–H groups in total. The second kappa shape index (κ2) is 19.5. The van der Waals surface area contributed by atoms with Crippen molar-refractivity contribution in [3.05, 3.63) is 32.6 Å². The highest BCUT2D eigenvalue weighted by Gasteiger charge is 2.53. The number of aryl methyl sites for hydroxylation is 1. The summed E-state index contributed by atoms with van der Waals surface area (Å²) in [5, 5.41) is 8.89. The molecule has 1 unspecified atom stereocenters. The summed E-state index contributed by atoms with van der Waals surface area (Å²) in [6.45, 7) is 6.13. The van der Waals surface area contributed by atoms with Crippen LogP contribution < -0.4 is 16.8 Å². The van der Waals surface area contributed by atoms with E-state index in [9.17, 15) is 18.9 Å².